The lowest BCUT2D eigenvalue weighted by Crippen LogP contribution is -2.17. The van der Waals surface area contributed by atoms with Crippen LogP contribution >= 0.6 is 11.6 Å². The summed E-state index contributed by atoms with van der Waals surface area (Å²) in [5.41, 5.74) is 0. The van der Waals surface area contributed by atoms with Crippen molar-refractivity contribution in [3.05, 3.63) is 0 Å². The van der Waals surface area contributed by atoms with Crippen LogP contribution in [0.25, 0.3) is 0 Å². The average Bonchev–Trinajstić information content (AvgIpc) is 2.55. The Morgan fingerprint density at radius 2 is 1.39 bits per heavy atom. The fourth-order valence-electron chi connectivity index (χ4n) is 2.15. The average molecular weight is 348 g/mol. The molecule has 0 aromatic carbocycles. The highest BCUT2D eigenvalue weighted by Crippen LogP contribution is 2.11. The Labute approximate surface area is 149 Å². The molecule has 0 saturated heterocycles. The Morgan fingerprint density at radius 3 is 1.87 bits per heavy atom. The van der Waals surface area contributed by atoms with E-state index in [-0.39, 0.29) is 6.29 Å². The maximum atomic E-state index is 8.00. The SMILES string of the molecule is CCCCCCCCCC(OCC)OCC.N#CCCCCCl. The highest BCUT2D eigenvalue weighted by Gasteiger charge is 2.06. The largest absolute Gasteiger partial charge is 0.353 e. The van der Waals surface area contributed by atoms with E-state index in [0.717, 1.165) is 32.5 Å². The monoisotopic (exact) mass is 347 g/mol. The highest BCUT2D eigenvalue weighted by molar-refractivity contribution is 6.17. The minimum absolute atomic E-state index is 0.0330. The van der Waals surface area contributed by atoms with Gasteiger partial charge in [-0.1, -0.05) is 45.4 Å². The van der Waals surface area contributed by atoms with E-state index in [2.05, 4.69) is 6.92 Å². The quantitative estimate of drug-likeness (QED) is 0.194. The molecule has 0 aliphatic carbocycles. The van der Waals surface area contributed by atoms with Crippen molar-refractivity contribution in [2.24, 2.45) is 0 Å². The Hall–Kier alpha value is -0.300. The first kappa shape index (κ1) is 24.9. The van der Waals surface area contributed by atoms with Crippen molar-refractivity contribution < 1.29 is 9.47 Å². The number of rotatable bonds is 15. The van der Waals surface area contributed by atoms with Crippen LogP contribution in [0.15, 0.2) is 0 Å². The normalized spacial score (nSPS) is 10.3. The van der Waals surface area contributed by atoms with Crippen LogP contribution in [-0.4, -0.2) is 25.4 Å². The molecule has 0 amide bonds. The molecule has 4 heteroatoms. The molecule has 0 bridgehead atoms. The molecule has 0 saturated carbocycles. The number of nitrogens with zero attached hydrogens (tertiary/aromatic N) is 1. The van der Waals surface area contributed by atoms with Gasteiger partial charge in [0.05, 0.1) is 6.07 Å². The van der Waals surface area contributed by atoms with Crippen molar-refractivity contribution in [1.82, 2.24) is 0 Å². The topological polar surface area (TPSA) is 42.2 Å². The minimum atomic E-state index is 0.0330. The Bertz CT molecular complexity index is 238. The van der Waals surface area contributed by atoms with Crippen molar-refractivity contribution in [2.45, 2.75) is 97.7 Å². The Morgan fingerprint density at radius 1 is 0.826 bits per heavy atom. The Kier molecular flexibility index (Phi) is 26.0. The first-order chi connectivity index (χ1) is 11.3. The molecule has 0 fully saturated rings. The lowest BCUT2D eigenvalue weighted by atomic mass is 10.1. The summed E-state index contributed by atoms with van der Waals surface area (Å²) < 4.78 is 11.0. The number of ether oxygens (including phenoxy) is 2. The van der Waals surface area contributed by atoms with E-state index in [0.29, 0.717) is 12.3 Å². The second kappa shape index (κ2) is 24.0. The second-order valence-electron chi connectivity index (χ2n) is 5.55. The van der Waals surface area contributed by atoms with E-state index < -0.39 is 0 Å². The van der Waals surface area contributed by atoms with E-state index in [4.69, 9.17) is 26.3 Å². The fourth-order valence-corrected chi connectivity index (χ4v) is 2.34. The van der Waals surface area contributed by atoms with Gasteiger partial charge in [-0.15, -0.1) is 11.6 Å². The van der Waals surface area contributed by atoms with E-state index in [1.807, 2.05) is 19.9 Å². The number of halogens is 1. The standard InChI is InChI=1S/C14H30O2.C5H8ClN/c1-4-7-8-9-10-11-12-13-14(15-5-2)16-6-3;6-4-2-1-3-5-7/h14H,4-13H2,1-3H3;1-4H2. The molecular formula is C19H38ClNO2. The van der Waals surface area contributed by atoms with Crippen LogP contribution in [0.3, 0.4) is 0 Å². The van der Waals surface area contributed by atoms with Gasteiger partial charge in [0.25, 0.3) is 0 Å². The molecule has 0 aromatic rings. The molecule has 0 aliphatic rings. The predicted molar refractivity (Wildman–Crippen MR) is 99.8 cm³/mol. The fraction of sp³-hybridized carbons (Fsp3) is 0.947. The molecule has 0 rings (SSSR count). The lowest BCUT2D eigenvalue weighted by Gasteiger charge is -2.16. The Balaban J connectivity index is 0. The zero-order valence-electron chi connectivity index (χ0n) is 15.6. The molecule has 0 aliphatic heterocycles. The number of hydrogen-bond donors (Lipinski definition) is 0. The summed E-state index contributed by atoms with van der Waals surface area (Å²) in [6.07, 6.45) is 13.1. The summed E-state index contributed by atoms with van der Waals surface area (Å²) in [7, 11) is 0. The molecule has 0 atom stereocenters. The van der Waals surface area contributed by atoms with Gasteiger partial charge in [0.15, 0.2) is 6.29 Å². The summed E-state index contributed by atoms with van der Waals surface area (Å²) in [5, 5.41) is 8.00. The van der Waals surface area contributed by atoms with Gasteiger partial charge in [0, 0.05) is 25.5 Å². The summed E-state index contributed by atoms with van der Waals surface area (Å²) in [4.78, 5) is 0. The van der Waals surface area contributed by atoms with Crippen molar-refractivity contribution in [1.29, 1.82) is 5.26 Å². The summed E-state index contributed by atoms with van der Waals surface area (Å²) in [6, 6.07) is 2.04. The lowest BCUT2D eigenvalue weighted by molar-refractivity contribution is -0.140. The summed E-state index contributed by atoms with van der Waals surface area (Å²) in [5.74, 6) is 0.682. The van der Waals surface area contributed by atoms with Crippen molar-refractivity contribution in [3.63, 3.8) is 0 Å². The minimum Gasteiger partial charge on any atom is -0.353 e. The summed E-state index contributed by atoms with van der Waals surface area (Å²) >= 11 is 5.33. The van der Waals surface area contributed by atoms with Crippen molar-refractivity contribution in [2.75, 3.05) is 19.1 Å². The van der Waals surface area contributed by atoms with Gasteiger partial charge in [0.1, 0.15) is 0 Å². The van der Waals surface area contributed by atoms with Crippen LogP contribution in [0.2, 0.25) is 0 Å². The van der Waals surface area contributed by atoms with Crippen LogP contribution in [0.4, 0.5) is 0 Å². The van der Waals surface area contributed by atoms with Gasteiger partial charge in [-0.2, -0.15) is 5.26 Å². The smallest absolute Gasteiger partial charge is 0.157 e. The first-order valence-electron chi connectivity index (χ1n) is 9.42. The maximum Gasteiger partial charge on any atom is 0.157 e. The molecule has 0 spiro atoms. The number of unbranched alkanes of at least 4 members (excludes halogenated alkanes) is 8. The molecular weight excluding hydrogens is 310 g/mol. The zero-order valence-corrected chi connectivity index (χ0v) is 16.4. The zero-order chi connectivity index (χ0) is 17.6. The maximum absolute atomic E-state index is 8.00. The van der Waals surface area contributed by atoms with Crippen LogP contribution in [-0.2, 0) is 9.47 Å². The van der Waals surface area contributed by atoms with Crippen LogP contribution in [0.1, 0.15) is 91.4 Å². The molecule has 0 unspecified atom stereocenters. The van der Waals surface area contributed by atoms with Gasteiger partial charge in [-0.05, 0) is 39.5 Å². The molecule has 0 N–H and O–H groups in total. The third-order valence-electron chi connectivity index (χ3n) is 3.42. The van der Waals surface area contributed by atoms with Crippen LogP contribution < -0.4 is 0 Å². The number of nitriles is 1. The molecule has 23 heavy (non-hydrogen) atoms. The van der Waals surface area contributed by atoms with Crippen LogP contribution in [0, 0.1) is 11.3 Å². The van der Waals surface area contributed by atoms with Gasteiger partial charge in [-0.3, -0.25) is 0 Å². The van der Waals surface area contributed by atoms with Crippen molar-refractivity contribution >= 4 is 11.6 Å². The predicted octanol–water partition coefficient (Wildman–Crippen LogP) is 6.45. The second-order valence-corrected chi connectivity index (χ2v) is 5.93. The van der Waals surface area contributed by atoms with E-state index >= 15 is 0 Å². The van der Waals surface area contributed by atoms with E-state index in [1.54, 1.807) is 0 Å². The number of alkyl halides is 1. The molecule has 3 nitrogen and oxygen atoms in total. The first-order valence-corrected chi connectivity index (χ1v) is 9.96. The molecule has 0 aromatic heterocycles. The van der Waals surface area contributed by atoms with E-state index in [1.165, 1.54) is 44.9 Å². The molecule has 138 valence electrons. The van der Waals surface area contributed by atoms with E-state index in [9.17, 15) is 0 Å². The van der Waals surface area contributed by atoms with Crippen LogP contribution in [0.5, 0.6) is 0 Å². The van der Waals surface area contributed by atoms with Gasteiger partial charge in [0.2, 0.25) is 0 Å². The van der Waals surface area contributed by atoms with Gasteiger partial charge in [-0.25, -0.2) is 0 Å². The van der Waals surface area contributed by atoms with Gasteiger partial charge >= 0.3 is 0 Å². The summed E-state index contributed by atoms with van der Waals surface area (Å²) in [6.45, 7) is 7.81. The third kappa shape index (κ3) is 24.1. The number of hydrogen-bond acceptors (Lipinski definition) is 3. The molecule has 0 heterocycles. The highest BCUT2D eigenvalue weighted by atomic mass is 35.5. The third-order valence-corrected chi connectivity index (χ3v) is 3.69. The molecule has 0 radical (unpaired) electrons. The van der Waals surface area contributed by atoms with Crippen molar-refractivity contribution in [3.8, 4) is 6.07 Å². The van der Waals surface area contributed by atoms with Gasteiger partial charge < -0.3 is 9.47 Å².